The molecule has 4 nitrogen and oxygen atoms in total. The molecule has 0 spiro atoms. The molecule has 0 aliphatic heterocycles. The van der Waals surface area contributed by atoms with Crippen LogP contribution in [0, 0.1) is 0 Å². The minimum absolute atomic E-state index is 0.163. The summed E-state index contributed by atoms with van der Waals surface area (Å²) in [6, 6.07) is 0. The Bertz CT molecular complexity index is 492. The summed E-state index contributed by atoms with van der Waals surface area (Å²) in [6.07, 6.45) is 18.6. The van der Waals surface area contributed by atoms with E-state index in [4.69, 9.17) is 9.84 Å². The standard InChI is InChI=1S/C10H20O2.C10H16.C8H16O.C2H6O/c1-3-4-5-6-7-8-9-12-10(2)11;1-5-10(4)8-6-7-9(2)3;1-3-5-6-7-8(9)4-2;1-2-3/h3-9H2,1-2H3;5,8H,1-2,6-7H2,3-4H3;3-7H2,1-2H3;3H,2H2,1H3/b;10-8+;;. The first-order chi connectivity index (χ1) is 16.2. The number of carbonyl (C=O) groups is 2. The lowest BCUT2D eigenvalue weighted by Gasteiger charge is -2.01. The molecule has 0 rings (SSSR count). The van der Waals surface area contributed by atoms with Gasteiger partial charge < -0.3 is 9.84 Å². The van der Waals surface area contributed by atoms with Gasteiger partial charge in [-0.05, 0) is 46.5 Å². The molecule has 0 radical (unpaired) electrons. The van der Waals surface area contributed by atoms with Crippen LogP contribution in [0.5, 0.6) is 0 Å². The number of esters is 1. The van der Waals surface area contributed by atoms with Crippen molar-refractivity contribution in [2.45, 2.75) is 132 Å². The lowest BCUT2D eigenvalue weighted by atomic mass is 10.1. The molecule has 0 amide bonds. The highest BCUT2D eigenvalue weighted by Gasteiger charge is 1.95. The molecule has 0 aromatic rings. The lowest BCUT2D eigenvalue weighted by molar-refractivity contribution is -0.141. The first-order valence-corrected chi connectivity index (χ1v) is 13.4. The molecular weight excluding hydrogens is 424 g/mol. The monoisotopic (exact) mass is 482 g/mol. The van der Waals surface area contributed by atoms with Crippen LogP contribution in [-0.2, 0) is 14.3 Å². The Morgan fingerprint density at radius 3 is 1.76 bits per heavy atom. The Hall–Kier alpha value is -1.68. The maximum absolute atomic E-state index is 10.7. The van der Waals surface area contributed by atoms with Crippen LogP contribution in [-0.4, -0.2) is 30.1 Å². The van der Waals surface area contributed by atoms with E-state index in [1.54, 1.807) is 6.92 Å². The fourth-order valence-corrected chi connectivity index (χ4v) is 2.48. The summed E-state index contributed by atoms with van der Waals surface area (Å²) in [5, 5.41) is 7.57. The fraction of sp³-hybridized carbons (Fsp3) is 0.733. The van der Waals surface area contributed by atoms with E-state index in [9.17, 15) is 9.59 Å². The summed E-state index contributed by atoms with van der Waals surface area (Å²) in [5.74, 6) is 0.243. The zero-order valence-electron chi connectivity index (χ0n) is 23.8. The summed E-state index contributed by atoms with van der Waals surface area (Å²) >= 11 is 0. The number of hydrogen-bond acceptors (Lipinski definition) is 4. The van der Waals surface area contributed by atoms with Crippen molar-refractivity contribution in [3.8, 4) is 0 Å². The molecule has 4 heteroatoms. The van der Waals surface area contributed by atoms with Crippen LogP contribution in [0.2, 0.25) is 0 Å². The Labute approximate surface area is 213 Å². The number of unbranched alkanes of at least 4 members (excludes halogenated alkanes) is 7. The Kier molecular flexibility index (Phi) is 41.7. The molecule has 0 atom stereocenters. The van der Waals surface area contributed by atoms with E-state index in [1.807, 2.05) is 13.0 Å². The summed E-state index contributed by atoms with van der Waals surface area (Å²) in [6.45, 7) is 21.9. The predicted molar refractivity (Wildman–Crippen MR) is 150 cm³/mol. The topological polar surface area (TPSA) is 63.6 Å². The minimum atomic E-state index is -0.163. The number of Topliss-reactive ketones (excluding diaryl/α,β-unsaturated/α-hetero) is 1. The van der Waals surface area contributed by atoms with Crippen LogP contribution in [0.4, 0.5) is 0 Å². The first-order valence-electron chi connectivity index (χ1n) is 13.4. The second-order valence-electron chi connectivity index (χ2n) is 8.42. The molecule has 0 aromatic heterocycles. The average molecular weight is 483 g/mol. The Morgan fingerprint density at radius 1 is 0.824 bits per heavy atom. The van der Waals surface area contributed by atoms with Gasteiger partial charge in [0.05, 0.1) is 6.61 Å². The molecule has 0 aliphatic carbocycles. The molecular formula is C30H58O4. The molecule has 0 heterocycles. The lowest BCUT2D eigenvalue weighted by Crippen LogP contribution is -1.99. The SMILES string of the molecule is C=C/C(C)=C/CCC(=C)C.CCCCCC(=O)CC.CCCCCCCCOC(C)=O.CCO. The summed E-state index contributed by atoms with van der Waals surface area (Å²) in [4.78, 5) is 21.0. The highest BCUT2D eigenvalue weighted by molar-refractivity contribution is 5.77. The van der Waals surface area contributed by atoms with Gasteiger partial charge in [0.2, 0.25) is 0 Å². The van der Waals surface area contributed by atoms with Crippen molar-refractivity contribution in [1.82, 2.24) is 0 Å². The van der Waals surface area contributed by atoms with Crippen LogP contribution in [0.1, 0.15) is 132 Å². The molecule has 0 saturated heterocycles. The second kappa shape index (κ2) is 35.9. The maximum Gasteiger partial charge on any atom is 0.302 e. The van der Waals surface area contributed by atoms with Crippen molar-refractivity contribution in [2.75, 3.05) is 13.2 Å². The van der Waals surface area contributed by atoms with Crippen molar-refractivity contribution >= 4 is 11.8 Å². The molecule has 0 saturated carbocycles. The van der Waals surface area contributed by atoms with Gasteiger partial charge in [-0.3, -0.25) is 9.59 Å². The number of allylic oxidation sites excluding steroid dienone is 4. The zero-order valence-corrected chi connectivity index (χ0v) is 23.8. The van der Waals surface area contributed by atoms with E-state index < -0.39 is 0 Å². The number of ketones is 1. The second-order valence-corrected chi connectivity index (χ2v) is 8.42. The van der Waals surface area contributed by atoms with Crippen LogP contribution in [0.25, 0.3) is 0 Å². The normalized spacial score (nSPS) is 9.82. The Balaban J connectivity index is -0.000000189. The van der Waals surface area contributed by atoms with Crippen LogP contribution in [0.15, 0.2) is 36.5 Å². The third-order valence-corrected chi connectivity index (χ3v) is 4.62. The molecule has 0 aliphatic rings. The van der Waals surface area contributed by atoms with Gasteiger partial charge in [-0.25, -0.2) is 0 Å². The van der Waals surface area contributed by atoms with Crippen molar-refractivity contribution in [1.29, 1.82) is 0 Å². The van der Waals surface area contributed by atoms with Gasteiger partial charge in [-0.2, -0.15) is 0 Å². The van der Waals surface area contributed by atoms with Crippen molar-refractivity contribution in [3.05, 3.63) is 36.5 Å². The third kappa shape index (κ3) is 52.3. The fourth-order valence-electron chi connectivity index (χ4n) is 2.48. The zero-order chi connectivity index (χ0) is 27.0. The van der Waals surface area contributed by atoms with E-state index in [2.05, 4.69) is 46.9 Å². The number of aliphatic hydroxyl groups excluding tert-OH is 1. The van der Waals surface area contributed by atoms with Crippen molar-refractivity contribution < 1.29 is 19.4 Å². The smallest absolute Gasteiger partial charge is 0.302 e. The van der Waals surface area contributed by atoms with Gasteiger partial charge in [0.25, 0.3) is 0 Å². The van der Waals surface area contributed by atoms with Gasteiger partial charge in [-0.1, -0.05) is 95.6 Å². The summed E-state index contributed by atoms with van der Waals surface area (Å²) < 4.78 is 4.81. The first kappa shape index (κ1) is 39.5. The Morgan fingerprint density at radius 2 is 1.32 bits per heavy atom. The van der Waals surface area contributed by atoms with Crippen molar-refractivity contribution in [3.63, 3.8) is 0 Å². The van der Waals surface area contributed by atoms with Crippen LogP contribution in [0.3, 0.4) is 0 Å². The van der Waals surface area contributed by atoms with Crippen LogP contribution < -0.4 is 0 Å². The number of aliphatic hydroxyl groups is 1. The summed E-state index contributed by atoms with van der Waals surface area (Å²) in [7, 11) is 0. The van der Waals surface area contributed by atoms with E-state index >= 15 is 0 Å². The van der Waals surface area contributed by atoms with Crippen molar-refractivity contribution in [2.24, 2.45) is 0 Å². The van der Waals surface area contributed by atoms with Gasteiger partial charge in [-0.15, -0.1) is 6.58 Å². The van der Waals surface area contributed by atoms with Gasteiger partial charge in [0.1, 0.15) is 5.78 Å². The number of ether oxygens (including phenoxy) is 1. The predicted octanol–water partition coefficient (Wildman–Crippen LogP) is 8.93. The van der Waals surface area contributed by atoms with Gasteiger partial charge in [0, 0.05) is 26.4 Å². The highest BCUT2D eigenvalue weighted by Crippen LogP contribution is 2.05. The molecule has 0 fully saturated rings. The van der Waals surface area contributed by atoms with Crippen LogP contribution >= 0.6 is 0 Å². The molecule has 0 unspecified atom stereocenters. The molecule has 202 valence electrons. The number of hydrogen-bond donors (Lipinski definition) is 1. The van der Waals surface area contributed by atoms with Gasteiger partial charge >= 0.3 is 5.97 Å². The van der Waals surface area contributed by atoms with Gasteiger partial charge in [0.15, 0.2) is 0 Å². The third-order valence-electron chi connectivity index (χ3n) is 4.62. The van der Waals surface area contributed by atoms with E-state index in [1.165, 1.54) is 63.0 Å². The average Bonchev–Trinajstić information content (AvgIpc) is 2.79. The van der Waals surface area contributed by atoms with E-state index in [0.717, 1.165) is 32.1 Å². The van der Waals surface area contributed by atoms with E-state index in [0.29, 0.717) is 18.8 Å². The maximum atomic E-state index is 10.7. The summed E-state index contributed by atoms with van der Waals surface area (Å²) in [5.41, 5.74) is 2.49. The number of carbonyl (C=O) groups excluding carboxylic acids is 2. The van der Waals surface area contributed by atoms with E-state index in [-0.39, 0.29) is 12.6 Å². The molecule has 1 N–H and O–H groups in total. The quantitative estimate of drug-likeness (QED) is 0.103. The largest absolute Gasteiger partial charge is 0.466 e. The minimum Gasteiger partial charge on any atom is -0.466 e. The highest BCUT2D eigenvalue weighted by atomic mass is 16.5. The molecule has 0 bridgehead atoms. The molecule has 34 heavy (non-hydrogen) atoms. The number of rotatable bonds is 16. The molecule has 0 aromatic carbocycles.